The van der Waals surface area contributed by atoms with Crippen LogP contribution in [0.1, 0.15) is 30.5 Å². The van der Waals surface area contributed by atoms with E-state index in [1.807, 2.05) is 23.6 Å². The number of fused-ring (bicyclic) bond motifs is 1. The molecule has 8 heteroatoms. The topological polar surface area (TPSA) is 73.8 Å². The largest absolute Gasteiger partial charge is 0.467 e. The summed E-state index contributed by atoms with van der Waals surface area (Å²) in [6.07, 6.45) is 3.37. The Bertz CT molecular complexity index is 1180. The first kappa shape index (κ1) is 17.7. The highest BCUT2D eigenvalue weighted by atomic mass is 32.1. The normalized spacial score (nSPS) is 17.0. The van der Waals surface area contributed by atoms with Gasteiger partial charge in [-0.25, -0.2) is 9.79 Å². The van der Waals surface area contributed by atoms with Crippen LogP contribution in [0, 0.1) is 0 Å². The average molecular weight is 400 g/mol. The molecule has 0 saturated heterocycles. The van der Waals surface area contributed by atoms with Gasteiger partial charge in [-0.2, -0.15) is 0 Å². The van der Waals surface area contributed by atoms with E-state index in [0.717, 1.165) is 4.88 Å². The first-order valence-electron chi connectivity index (χ1n) is 8.36. The zero-order valence-electron chi connectivity index (χ0n) is 14.7. The summed E-state index contributed by atoms with van der Waals surface area (Å²) in [5, 5.41) is 1.96. The Balaban J connectivity index is 1.96. The fraction of sp³-hybridized carbons (Fsp3) is 0.211. The van der Waals surface area contributed by atoms with Crippen molar-refractivity contribution in [2.24, 2.45) is 4.99 Å². The molecular weight excluding hydrogens is 384 g/mol. The quantitative estimate of drug-likeness (QED) is 0.631. The molecule has 0 unspecified atom stereocenters. The average Bonchev–Trinajstić information content (AvgIpc) is 3.38. The molecule has 27 heavy (non-hydrogen) atoms. The summed E-state index contributed by atoms with van der Waals surface area (Å²) < 4.78 is 12.8. The lowest BCUT2D eigenvalue weighted by atomic mass is 10.0. The summed E-state index contributed by atoms with van der Waals surface area (Å²) in [5.41, 5.74) is 0.642. The third kappa shape index (κ3) is 3.11. The minimum atomic E-state index is -0.694. The highest BCUT2D eigenvalue weighted by Gasteiger charge is 2.34. The zero-order valence-corrected chi connectivity index (χ0v) is 16.3. The summed E-state index contributed by atoms with van der Waals surface area (Å²) in [6, 6.07) is 6.67. The standard InChI is InChI=1S/C19H16N2O4S2/c1-3-24-18(23)15-11(2)20-19-21(16(15)13-7-4-8-25-13)17(22)14(27-19)10-12-6-5-9-26-12/h4-10,16H,3H2,1-2H3/b14-10-/t16-/m1/s1. The number of carbonyl (C=O) groups is 1. The summed E-state index contributed by atoms with van der Waals surface area (Å²) in [4.78, 5) is 31.8. The van der Waals surface area contributed by atoms with Gasteiger partial charge in [-0.1, -0.05) is 17.4 Å². The third-order valence-corrected chi connectivity index (χ3v) is 5.95. The van der Waals surface area contributed by atoms with Crippen molar-refractivity contribution in [2.75, 3.05) is 6.61 Å². The van der Waals surface area contributed by atoms with Crippen LogP contribution in [-0.4, -0.2) is 17.1 Å². The van der Waals surface area contributed by atoms with E-state index in [9.17, 15) is 9.59 Å². The number of ether oxygens (including phenoxy) is 1. The molecule has 3 aromatic heterocycles. The molecule has 3 aromatic rings. The Morgan fingerprint density at radius 1 is 1.41 bits per heavy atom. The maximum atomic E-state index is 13.1. The van der Waals surface area contributed by atoms with Crippen molar-refractivity contribution in [1.82, 2.24) is 4.57 Å². The predicted molar refractivity (Wildman–Crippen MR) is 103 cm³/mol. The number of rotatable bonds is 4. The second kappa shape index (κ2) is 7.13. The van der Waals surface area contributed by atoms with Crippen LogP contribution in [-0.2, 0) is 9.53 Å². The molecule has 4 heterocycles. The zero-order chi connectivity index (χ0) is 19.0. The third-order valence-electron chi connectivity index (χ3n) is 4.15. The lowest BCUT2D eigenvalue weighted by Gasteiger charge is -2.22. The Labute approximate surface area is 162 Å². The van der Waals surface area contributed by atoms with Crippen LogP contribution in [0.15, 0.2) is 61.4 Å². The number of hydrogen-bond donors (Lipinski definition) is 0. The number of allylic oxidation sites excluding steroid dienone is 1. The molecule has 0 amide bonds. The molecule has 1 aliphatic rings. The summed E-state index contributed by atoms with van der Waals surface area (Å²) in [7, 11) is 0. The summed E-state index contributed by atoms with van der Waals surface area (Å²) >= 11 is 2.85. The summed E-state index contributed by atoms with van der Waals surface area (Å²) in [6.45, 7) is 3.73. The number of hydrogen-bond acceptors (Lipinski definition) is 7. The molecule has 0 saturated carbocycles. The van der Waals surface area contributed by atoms with Crippen molar-refractivity contribution in [1.29, 1.82) is 0 Å². The van der Waals surface area contributed by atoms with E-state index in [-0.39, 0.29) is 12.2 Å². The minimum absolute atomic E-state index is 0.206. The van der Waals surface area contributed by atoms with Crippen molar-refractivity contribution in [3.05, 3.63) is 77.5 Å². The van der Waals surface area contributed by atoms with Crippen LogP contribution in [0.2, 0.25) is 0 Å². The first-order chi connectivity index (χ1) is 13.1. The van der Waals surface area contributed by atoms with Crippen LogP contribution in [0.3, 0.4) is 0 Å². The van der Waals surface area contributed by atoms with E-state index < -0.39 is 12.0 Å². The molecule has 0 radical (unpaired) electrons. The fourth-order valence-corrected chi connectivity index (χ4v) is 4.78. The number of thiazole rings is 1. The van der Waals surface area contributed by atoms with E-state index in [4.69, 9.17) is 9.15 Å². The minimum Gasteiger partial charge on any atom is -0.467 e. The van der Waals surface area contributed by atoms with Crippen molar-refractivity contribution in [3.63, 3.8) is 0 Å². The number of carbonyl (C=O) groups excluding carboxylic acids is 1. The molecule has 0 aromatic carbocycles. The number of nitrogens with zero attached hydrogens (tertiary/aromatic N) is 2. The van der Waals surface area contributed by atoms with Crippen LogP contribution >= 0.6 is 22.7 Å². The molecule has 138 valence electrons. The first-order valence-corrected chi connectivity index (χ1v) is 10.1. The van der Waals surface area contributed by atoms with Gasteiger partial charge in [0.1, 0.15) is 11.8 Å². The van der Waals surface area contributed by atoms with Gasteiger partial charge in [0.15, 0.2) is 4.80 Å². The Morgan fingerprint density at radius 2 is 2.26 bits per heavy atom. The van der Waals surface area contributed by atoms with Gasteiger partial charge in [0.25, 0.3) is 5.56 Å². The van der Waals surface area contributed by atoms with E-state index >= 15 is 0 Å². The predicted octanol–water partition coefficient (Wildman–Crippen LogP) is 2.45. The molecule has 6 nitrogen and oxygen atoms in total. The molecule has 4 rings (SSSR count). The maximum absolute atomic E-state index is 13.1. The van der Waals surface area contributed by atoms with Crippen molar-refractivity contribution < 1.29 is 13.9 Å². The molecule has 0 spiro atoms. The number of furan rings is 1. The number of aromatic nitrogens is 1. The van der Waals surface area contributed by atoms with E-state index in [2.05, 4.69) is 4.99 Å². The monoisotopic (exact) mass is 400 g/mol. The summed E-state index contributed by atoms with van der Waals surface area (Å²) in [5.74, 6) is 0.00353. The lowest BCUT2D eigenvalue weighted by Crippen LogP contribution is -2.39. The Kier molecular flexibility index (Phi) is 4.67. The van der Waals surface area contributed by atoms with Crippen LogP contribution < -0.4 is 14.9 Å². The van der Waals surface area contributed by atoms with Crippen molar-refractivity contribution in [2.45, 2.75) is 19.9 Å². The Hall–Kier alpha value is -2.71. The van der Waals surface area contributed by atoms with Crippen molar-refractivity contribution in [3.8, 4) is 0 Å². The van der Waals surface area contributed by atoms with Crippen molar-refractivity contribution >= 4 is 34.7 Å². The maximum Gasteiger partial charge on any atom is 0.338 e. The lowest BCUT2D eigenvalue weighted by molar-refractivity contribution is -0.139. The second-order valence-electron chi connectivity index (χ2n) is 5.83. The number of esters is 1. The van der Waals surface area contributed by atoms with E-state index in [1.165, 1.54) is 22.2 Å². The smallest absolute Gasteiger partial charge is 0.338 e. The van der Waals surface area contributed by atoms with Gasteiger partial charge < -0.3 is 9.15 Å². The molecular formula is C19H16N2O4S2. The fourth-order valence-electron chi connectivity index (χ4n) is 3.01. The van der Waals surface area contributed by atoms with Gasteiger partial charge in [0, 0.05) is 4.88 Å². The molecule has 1 atom stereocenters. The molecule has 0 aliphatic carbocycles. The highest BCUT2D eigenvalue weighted by Crippen LogP contribution is 2.30. The molecule has 0 fully saturated rings. The van der Waals surface area contributed by atoms with E-state index in [1.54, 1.807) is 37.3 Å². The number of thiophene rings is 1. The van der Waals surface area contributed by atoms with Gasteiger partial charge in [0.2, 0.25) is 0 Å². The molecule has 1 aliphatic heterocycles. The van der Waals surface area contributed by atoms with Gasteiger partial charge in [-0.15, -0.1) is 11.3 Å². The van der Waals surface area contributed by atoms with Crippen LogP contribution in [0.5, 0.6) is 0 Å². The van der Waals surface area contributed by atoms with Gasteiger partial charge in [-0.3, -0.25) is 9.36 Å². The van der Waals surface area contributed by atoms with Gasteiger partial charge >= 0.3 is 5.97 Å². The van der Waals surface area contributed by atoms with Gasteiger partial charge in [0.05, 0.1) is 28.7 Å². The van der Waals surface area contributed by atoms with Crippen LogP contribution in [0.4, 0.5) is 0 Å². The van der Waals surface area contributed by atoms with Gasteiger partial charge in [-0.05, 0) is 43.5 Å². The van der Waals surface area contributed by atoms with Crippen LogP contribution in [0.25, 0.3) is 6.08 Å². The highest BCUT2D eigenvalue weighted by molar-refractivity contribution is 7.11. The van der Waals surface area contributed by atoms with E-state index in [0.29, 0.717) is 26.4 Å². The SMILES string of the molecule is CCOC(=O)C1=C(C)N=c2s/c(=C\c3cccs3)c(=O)n2[C@@H]1c1ccco1. The molecule has 0 bridgehead atoms. The Morgan fingerprint density at radius 3 is 2.93 bits per heavy atom. The molecule has 0 N–H and O–H groups in total. The second-order valence-corrected chi connectivity index (χ2v) is 7.82.